The van der Waals surface area contributed by atoms with Gasteiger partial charge in [0, 0.05) is 38.4 Å². The molecule has 0 fully saturated rings. The van der Waals surface area contributed by atoms with E-state index in [1.54, 1.807) is 0 Å². The standard InChI is InChI=1S/C58H114N2O5/c1-7-12-17-22-25-28-39-50-60(56(61)48-49-59-6)55(44-35-29-37-46-57(62)64-51-53(40-31-20-15-10-4)42-33-26-23-18-13-8-2)45-36-30-38-47-58(63)65-52-54(41-32-21-16-11-5)43-34-27-24-19-14-9-3/h53-55,59H,7-52H2,1-6H3. The first kappa shape index (κ1) is 63.4. The van der Waals surface area contributed by atoms with Crippen molar-refractivity contribution in [2.24, 2.45) is 11.8 Å². The molecular weight excluding hydrogens is 805 g/mol. The highest BCUT2D eigenvalue weighted by atomic mass is 16.5. The third kappa shape index (κ3) is 42.2. The highest BCUT2D eigenvalue weighted by Crippen LogP contribution is 2.24. The summed E-state index contributed by atoms with van der Waals surface area (Å²) in [4.78, 5) is 41.9. The number of rotatable bonds is 52. The fourth-order valence-electron chi connectivity index (χ4n) is 9.57. The van der Waals surface area contributed by atoms with Crippen molar-refractivity contribution in [1.29, 1.82) is 0 Å². The van der Waals surface area contributed by atoms with Gasteiger partial charge in [-0.2, -0.15) is 0 Å². The Morgan fingerprint density at radius 2 is 0.692 bits per heavy atom. The summed E-state index contributed by atoms with van der Waals surface area (Å²) in [6.45, 7) is 14.0. The lowest BCUT2D eigenvalue weighted by atomic mass is 9.95. The van der Waals surface area contributed by atoms with Crippen molar-refractivity contribution in [2.45, 2.75) is 310 Å². The van der Waals surface area contributed by atoms with Crippen LogP contribution in [0.4, 0.5) is 0 Å². The molecule has 0 saturated carbocycles. The van der Waals surface area contributed by atoms with E-state index in [0.29, 0.717) is 50.9 Å². The number of amides is 1. The monoisotopic (exact) mass is 919 g/mol. The summed E-state index contributed by atoms with van der Waals surface area (Å²) in [6.07, 6.45) is 48.2. The number of unbranched alkanes of at least 4 members (excludes halogenated alkanes) is 26. The van der Waals surface area contributed by atoms with Crippen LogP contribution in [0, 0.1) is 11.8 Å². The Morgan fingerprint density at radius 1 is 0.385 bits per heavy atom. The maximum atomic E-state index is 13.8. The molecule has 0 radical (unpaired) electrons. The average Bonchev–Trinajstić information content (AvgIpc) is 3.31. The number of nitrogens with one attached hydrogen (secondary N) is 1. The van der Waals surface area contributed by atoms with Crippen molar-refractivity contribution >= 4 is 17.8 Å². The average molecular weight is 920 g/mol. The number of nitrogens with zero attached hydrogens (tertiary/aromatic N) is 1. The van der Waals surface area contributed by atoms with Crippen LogP contribution < -0.4 is 5.32 Å². The molecule has 0 aromatic heterocycles. The van der Waals surface area contributed by atoms with Gasteiger partial charge in [-0.25, -0.2) is 0 Å². The summed E-state index contributed by atoms with van der Waals surface area (Å²) in [6, 6.07) is 0.198. The molecule has 2 unspecified atom stereocenters. The zero-order chi connectivity index (χ0) is 47.7. The highest BCUT2D eigenvalue weighted by molar-refractivity contribution is 5.76. The number of hydrogen-bond acceptors (Lipinski definition) is 6. The van der Waals surface area contributed by atoms with Crippen molar-refractivity contribution in [3.05, 3.63) is 0 Å². The van der Waals surface area contributed by atoms with Crippen LogP contribution >= 0.6 is 0 Å². The van der Waals surface area contributed by atoms with E-state index in [1.807, 2.05) is 7.05 Å². The summed E-state index contributed by atoms with van der Waals surface area (Å²) in [5, 5.41) is 3.20. The first-order valence-electron chi connectivity index (χ1n) is 29.1. The Bertz CT molecular complexity index is 964. The summed E-state index contributed by atoms with van der Waals surface area (Å²) in [5.74, 6) is 1.17. The smallest absolute Gasteiger partial charge is 0.305 e. The van der Waals surface area contributed by atoms with Crippen LogP contribution in [0.25, 0.3) is 0 Å². The molecule has 0 rings (SSSR count). The van der Waals surface area contributed by atoms with Gasteiger partial charge in [0.1, 0.15) is 0 Å². The van der Waals surface area contributed by atoms with Gasteiger partial charge < -0.3 is 19.7 Å². The number of hydrogen-bond donors (Lipinski definition) is 1. The van der Waals surface area contributed by atoms with Crippen molar-refractivity contribution in [2.75, 3.05) is 33.4 Å². The SMILES string of the molecule is CCCCCCCCCN(C(=O)CCNC)C(CCCCCC(=O)OCC(CCCCCC)CCCCCCCC)CCCCCC(=O)OCC(CCCCCC)CCCCCCCC. The van der Waals surface area contributed by atoms with Gasteiger partial charge >= 0.3 is 11.9 Å². The normalized spacial score (nSPS) is 12.9. The van der Waals surface area contributed by atoms with E-state index in [1.165, 1.54) is 193 Å². The predicted molar refractivity (Wildman–Crippen MR) is 281 cm³/mol. The minimum atomic E-state index is -0.0373. The second-order valence-electron chi connectivity index (χ2n) is 20.3. The molecule has 386 valence electrons. The molecule has 7 nitrogen and oxygen atoms in total. The summed E-state index contributed by atoms with van der Waals surface area (Å²) in [7, 11) is 1.92. The summed E-state index contributed by atoms with van der Waals surface area (Å²) < 4.78 is 11.8. The van der Waals surface area contributed by atoms with E-state index >= 15 is 0 Å². The van der Waals surface area contributed by atoms with Crippen LogP contribution in [0.1, 0.15) is 304 Å². The lowest BCUT2D eigenvalue weighted by molar-refractivity contribution is -0.146. The van der Waals surface area contributed by atoms with Gasteiger partial charge in [-0.15, -0.1) is 0 Å². The van der Waals surface area contributed by atoms with Crippen LogP contribution in [-0.4, -0.2) is 62.1 Å². The first-order valence-corrected chi connectivity index (χ1v) is 29.1. The molecule has 2 atom stereocenters. The number of carbonyl (C=O) groups excluding carboxylic acids is 3. The molecule has 0 aliphatic carbocycles. The lowest BCUT2D eigenvalue weighted by Crippen LogP contribution is -2.42. The van der Waals surface area contributed by atoms with E-state index in [2.05, 4.69) is 44.8 Å². The molecule has 0 aromatic rings. The van der Waals surface area contributed by atoms with Gasteiger partial charge in [0.25, 0.3) is 0 Å². The Kier molecular flexibility index (Phi) is 49.0. The van der Waals surface area contributed by atoms with Gasteiger partial charge in [-0.3, -0.25) is 14.4 Å². The first-order chi connectivity index (χ1) is 31.9. The van der Waals surface area contributed by atoms with Gasteiger partial charge in [0.15, 0.2) is 0 Å². The van der Waals surface area contributed by atoms with Gasteiger partial charge in [-0.1, -0.05) is 227 Å². The van der Waals surface area contributed by atoms with Crippen molar-refractivity contribution in [1.82, 2.24) is 10.2 Å². The molecule has 0 saturated heterocycles. The molecule has 1 amide bonds. The van der Waals surface area contributed by atoms with E-state index in [4.69, 9.17) is 9.47 Å². The van der Waals surface area contributed by atoms with E-state index in [-0.39, 0.29) is 23.9 Å². The molecule has 7 heteroatoms. The predicted octanol–water partition coefficient (Wildman–Crippen LogP) is 17.2. The van der Waals surface area contributed by atoms with Gasteiger partial charge in [-0.05, 0) is 76.7 Å². The Labute approximate surface area is 406 Å². The minimum absolute atomic E-state index is 0.0373. The molecule has 0 spiro atoms. The summed E-state index contributed by atoms with van der Waals surface area (Å²) >= 11 is 0. The number of ether oxygens (including phenoxy) is 2. The van der Waals surface area contributed by atoms with Crippen LogP contribution in [0.15, 0.2) is 0 Å². The Morgan fingerprint density at radius 3 is 1.06 bits per heavy atom. The molecule has 0 aliphatic heterocycles. The lowest BCUT2D eigenvalue weighted by Gasteiger charge is -2.33. The number of esters is 2. The maximum Gasteiger partial charge on any atom is 0.305 e. The van der Waals surface area contributed by atoms with Crippen LogP contribution in [0.3, 0.4) is 0 Å². The molecule has 0 bridgehead atoms. The maximum absolute atomic E-state index is 13.8. The third-order valence-corrected chi connectivity index (χ3v) is 14.0. The topological polar surface area (TPSA) is 84.9 Å². The fourth-order valence-corrected chi connectivity index (χ4v) is 9.57. The Balaban J connectivity index is 5.25. The zero-order valence-corrected chi connectivity index (χ0v) is 44.7. The molecule has 1 N–H and O–H groups in total. The van der Waals surface area contributed by atoms with E-state index in [0.717, 1.165) is 64.3 Å². The molecule has 0 aliphatic rings. The number of carbonyl (C=O) groups is 3. The minimum Gasteiger partial charge on any atom is -0.465 e. The second kappa shape index (κ2) is 50.3. The molecular formula is C58H114N2O5. The third-order valence-electron chi connectivity index (χ3n) is 14.0. The second-order valence-corrected chi connectivity index (χ2v) is 20.3. The van der Waals surface area contributed by atoms with Gasteiger partial charge in [0.2, 0.25) is 5.91 Å². The highest BCUT2D eigenvalue weighted by Gasteiger charge is 2.23. The zero-order valence-electron chi connectivity index (χ0n) is 44.7. The molecule has 65 heavy (non-hydrogen) atoms. The Hall–Kier alpha value is -1.63. The quantitative estimate of drug-likeness (QED) is 0.0483. The van der Waals surface area contributed by atoms with Crippen molar-refractivity contribution in [3.63, 3.8) is 0 Å². The van der Waals surface area contributed by atoms with E-state index in [9.17, 15) is 14.4 Å². The van der Waals surface area contributed by atoms with Crippen LogP contribution in [-0.2, 0) is 23.9 Å². The largest absolute Gasteiger partial charge is 0.465 e. The van der Waals surface area contributed by atoms with Crippen LogP contribution in [0.5, 0.6) is 0 Å². The van der Waals surface area contributed by atoms with Crippen molar-refractivity contribution in [3.8, 4) is 0 Å². The van der Waals surface area contributed by atoms with Crippen LogP contribution in [0.2, 0.25) is 0 Å². The fraction of sp³-hybridized carbons (Fsp3) is 0.948. The molecule has 0 aromatic carbocycles. The summed E-state index contributed by atoms with van der Waals surface area (Å²) in [5.41, 5.74) is 0. The molecule has 0 heterocycles. The van der Waals surface area contributed by atoms with Crippen molar-refractivity contribution < 1.29 is 23.9 Å². The van der Waals surface area contributed by atoms with E-state index < -0.39 is 0 Å². The van der Waals surface area contributed by atoms with Gasteiger partial charge in [0.05, 0.1) is 13.2 Å².